The third-order valence-electron chi connectivity index (χ3n) is 3.50. The molecule has 0 radical (unpaired) electrons. The summed E-state index contributed by atoms with van der Waals surface area (Å²) in [4.78, 5) is 0. The maximum absolute atomic E-state index is 9.76. The second-order valence-corrected chi connectivity index (χ2v) is 5.73. The largest absolute Gasteiger partial charge is 0.506 e. The SMILES string of the molecule is C\C=C(/C=C(C#N)\C=C/CCC)COc1cc(O)c(Cl)cc1CC. The highest BCUT2D eigenvalue weighted by atomic mass is 35.5. The minimum absolute atomic E-state index is 0.00153. The summed E-state index contributed by atoms with van der Waals surface area (Å²) in [5.41, 5.74) is 2.42. The molecule has 1 rings (SSSR count). The summed E-state index contributed by atoms with van der Waals surface area (Å²) in [6, 6.07) is 5.43. The lowest BCUT2D eigenvalue weighted by Crippen LogP contribution is -2.02. The summed E-state index contributed by atoms with van der Waals surface area (Å²) < 4.78 is 5.82. The van der Waals surface area contributed by atoms with Crippen molar-refractivity contribution in [1.82, 2.24) is 0 Å². The molecule has 0 atom stereocenters. The first-order valence-corrected chi connectivity index (χ1v) is 8.51. The van der Waals surface area contributed by atoms with Crippen LogP contribution < -0.4 is 4.74 Å². The van der Waals surface area contributed by atoms with Gasteiger partial charge in [0.25, 0.3) is 0 Å². The van der Waals surface area contributed by atoms with Crippen molar-refractivity contribution >= 4 is 11.6 Å². The zero-order chi connectivity index (χ0) is 17.9. The van der Waals surface area contributed by atoms with Crippen molar-refractivity contribution in [2.24, 2.45) is 0 Å². The van der Waals surface area contributed by atoms with Crippen LogP contribution in [-0.2, 0) is 6.42 Å². The normalized spacial score (nSPS) is 12.5. The highest BCUT2D eigenvalue weighted by Crippen LogP contribution is 2.32. The second kappa shape index (κ2) is 10.6. The van der Waals surface area contributed by atoms with Crippen LogP contribution in [0.5, 0.6) is 11.5 Å². The molecule has 0 saturated carbocycles. The number of phenolic OH excluding ortho intramolecular Hbond substituents is 1. The maximum Gasteiger partial charge on any atom is 0.137 e. The zero-order valence-corrected chi connectivity index (χ0v) is 15.2. The van der Waals surface area contributed by atoms with Crippen LogP contribution >= 0.6 is 11.6 Å². The number of allylic oxidation sites excluding steroid dienone is 4. The molecule has 1 aromatic carbocycles. The van der Waals surface area contributed by atoms with Crippen molar-refractivity contribution in [2.45, 2.75) is 40.0 Å². The van der Waals surface area contributed by atoms with Crippen molar-refractivity contribution in [1.29, 1.82) is 5.26 Å². The number of aryl methyl sites for hydroxylation is 1. The smallest absolute Gasteiger partial charge is 0.137 e. The Morgan fingerprint density at radius 3 is 2.71 bits per heavy atom. The fraction of sp³-hybridized carbons (Fsp3) is 0.350. The van der Waals surface area contributed by atoms with E-state index in [0.29, 0.717) is 23.0 Å². The third kappa shape index (κ3) is 6.14. The van der Waals surface area contributed by atoms with E-state index in [0.717, 1.165) is 30.4 Å². The molecule has 4 heteroatoms. The standard InChI is InChI=1S/C20H24ClNO2/c1-4-7-8-9-16(13-22)10-15(5-2)14-24-20-12-19(23)18(21)11-17(20)6-3/h5,8-12,23H,4,6-7,14H2,1-3H3/b9-8-,15-5+,16-10+. The van der Waals surface area contributed by atoms with Gasteiger partial charge in [-0.25, -0.2) is 0 Å². The highest BCUT2D eigenvalue weighted by Gasteiger charge is 2.08. The minimum atomic E-state index is 0.00153. The molecular formula is C20H24ClNO2. The average Bonchev–Trinajstić information content (AvgIpc) is 2.59. The summed E-state index contributed by atoms with van der Waals surface area (Å²) in [5, 5.41) is 19.3. The number of hydrogen-bond donors (Lipinski definition) is 1. The number of nitrogens with zero attached hydrogens (tertiary/aromatic N) is 1. The van der Waals surface area contributed by atoms with Crippen molar-refractivity contribution in [3.63, 3.8) is 0 Å². The quantitative estimate of drug-likeness (QED) is 0.482. The van der Waals surface area contributed by atoms with Gasteiger partial charge in [-0.15, -0.1) is 0 Å². The van der Waals surface area contributed by atoms with E-state index in [1.165, 1.54) is 6.07 Å². The van der Waals surface area contributed by atoms with E-state index in [1.807, 2.05) is 38.2 Å². The van der Waals surface area contributed by atoms with E-state index in [-0.39, 0.29) is 5.75 Å². The Balaban J connectivity index is 2.88. The molecule has 0 heterocycles. The second-order valence-electron chi connectivity index (χ2n) is 5.32. The number of halogens is 1. The van der Waals surface area contributed by atoms with E-state index in [9.17, 15) is 10.4 Å². The zero-order valence-electron chi connectivity index (χ0n) is 14.5. The topological polar surface area (TPSA) is 53.2 Å². The van der Waals surface area contributed by atoms with Crippen molar-refractivity contribution in [2.75, 3.05) is 6.61 Å². The molecule has 0 unspecified atom stereocenters. The number of hydrogen-bond acceptors (Lipinski definition) is 3. The number of ether oxygens (including phenoxy) is 1. The Morgan fingerprint density at radius 2 is 2.12 bits per heavy atom. The number of aromatic hydroxyl groups is 1. The molecule has 1 aromatic rings. The van der Waals surface area contributed by atoms with Gasteiger partial charge >= 0.3 is 0 Å². The van der Waals surface area contributed by atoms with Gasteiger partial charge in [0, 0.05) is 6.07 Å². The van der Waals surface area contributed by atoms with Crippen LogP contribution in [0.2, 0.25) is 5.02 Å². The van der Waals surface area contributed by atoms with Crippen LogP contribution in [0.3, 0.4) is 0 Å². The number of rotatable bonds is 8. The molecular weight excluding hydrogens is 322 g/mol. The fourth-order valence-electron chi connectivity index (χ4n) is 2.06. The minimum Gasteiger partial charge on any atom is -0.506 e. The van der Waals surface area contributed by atoms with Gasteiger partial charge in [-0.2, -0.15) is 5.26 Å². The maximum atomic E-state index is 9.76. The van der Waals surface area contributed by atoms with E-state index in [1.54, 1.807) is 6.07 Å². The monoisotopic (exact) mass is 345 g/mol. The average molecular weight is 346 g/mol. The summed E-state index contributed by atoms with van der Waals surface area (Å²) in [5.74, 6) is 0.605. The van der Waals surface area contributed by atoms with Crippen LogP contribution in [0.4, 0.5) is 0 Å². The third-order valence-corrected chi connectivity index (χ3v) is 3.80. The van der Waals surface area contributed by atoms with Gasteiger partial charge in [-0.05, 0) is 49.1 Å². The van der Waals surface area contributed by atoms with Crippen LogP contribution in [0.25, 0.3) is 0 Å². The summed E-state index contributed by atoms with van der Waals surface area (Å²) in [6.07, 6.45) is 10.3. The van der Waals surface area contributed by atoms with E-state index in [2.05, 4.69) is 13.0 Å². The molecule has 128 valence electrons. The lowest BCUT2D eigenvalue weighted by molar-refractivity contribution is 0.348. The van der Waals surface area contributed by atoms with Crippen LogP contribution in [0.1, 0.15) is 39.2 Å². The molecule has 24 heavy (non-hydrogen) atoms. The van der Waals surface area contributed by atoms with Gasteiger partial charge in [0.05, 0.1) is 16.7 Å². The summed E-state index contributed by atoms with van der Waals surface area (Å²) in [6.45, 7) is 6.31. The predicted octanol–water partition coefficient (Wildman–Crippen LogP) is 5.74. The Labute approximate surface area is 149 Å². The van der Waals surface area contributed by atoms with Crippen LogP contribution in [-0.4, -0.2) is 11.7 Å². The first kappa shape index (κ1) is 19.9. The molecule has 0 aliphatic heterocycles. The first-order chi connectivity index (χ1) is 11.5. The molecule has 0 amide bonds. The predicted molar refractivity (Wildman–Crippen MR) is 99.5 cm³/mol. The summed E-state index contributed by atoms with van der Waals surface area (Å²) >= 11 is 5.93. The van der Waals surface area contributed by atoms with Gasteiger partial charge in [0.2, 0.25) is 0 Å². The van der Waals surface area contributed by atoms with E-state index in [4.69, 9.17) is 16.3 Å². The van der Waals surface area contributed by atoms with Gasteiger partial charge < -0.3 is 9.84 Å². The molecule has 3 nitrogen and oxygen atoms in total. The number of nitriles is 1. The molecule has 0 spiro atoms. The molecule has 0 saturated heterocycles. The van der Waals surface area contributed by atoms with Crippen LogP contribution in [0, 0.1) is 11.3 Å². The van der Waals surface area contributed by atoms with E-state index >= 15 is 0 Å². The number of unbranched alkanes of at least 4 members (excludes halogenated alkanes) is 1. The van der Waals surface area contributed by atoms with E-state index < -0.39 is 0 Å². The van der Waals surface area contributed by atoms with Gasteiger partial charge in [0.1, 0.15) is 18.1 Å². The summed E-state index contributed by atoms with van der Waals surface area (Å²) in [7, 11) is 0. The fourth-order valence-corrected chi connectivity index (χ4v) is 2.24. The molecule has 0 aliphatic carbocycles. The van der Waals surface area contributed by atoms with Crippen molar-refractivity contribution in [3.05, 3.63) is 58.2 Å². The Hall–Kier alpha value is -2.18. The first-order valence-electron chi connectivity index (χ1n) is 8.13. The van der Waals surface area contributed by atoms with Crippen LogP contribution in [0.15, 0.2) is 47.6 Å². The molecule has 0 aromatic heterocycles. The van der Waals surface area contributed by atoms with Crippen molar-refractivity contribution < 1.29 is 9.84 Å². The molecule has 1 N–H and O–H groups in total. The number of benzene rings is 1. The molecule has 0 bridgehead atoms. The lowest BCUT2D eigenvalue weighted by atomic mass is 10.1. The highest BCUT2D eigenvalue weighted by molar-refractivity contribution is 6.32. The van der Waals surface area contributed by atoms with Gasteiger partial charge in [-0.1, -0.05) is 44.0 Å². The Kier molecular flexibility index (Phi) is 8.75. The number of phenols is 1. The molecule has 0 fully saturated rings. The Morgan fingerprint density at radius 1 is 1.38 bits per heavy atom. The lowest BCUT2D eigenvalue weighted by Gasteiger charge is -2.12. The Bertz CT molecular complexity index is 682. The van der Waals surface area contributed by atoms with Gasteiger partial charge in [-0.3, -0.25) is 0 Å². The van der Waals surface area contributed by atoms with Crippen molar-refractivity contribution in [3.8, 4) is 17.6 Å². The van der Waals surface area contributed by atoms with Gasteiger partial charge in [0.15, 0.2) is 0 Å². The molecule has 0 aliphatic rings.